The lowest BCUT2D eigenvalue weighted by Gasteiger charge is -2.07. The first-order valence-electron chi connectivity index (χ1n) is 7.38. The summed E-state index contributed by atoms with van der Waals surface area (Å²) >= 11 is 1.78. The second-order valence-corrected chi connectivity index (χ2v) is 6.27. The van der Waals surface area contributed by atoms with Gasteiger partial charge in [0.25, 0.3) is 0 Å². The molecule has 0 amide bonds. The van der Waals surface area contributed by atoms with E-state index in [1.165, 1.54) is 10.4 Å². The van der Waals surface area contributed by atoms with Gasteiger partial charge in [-0.25, -0.2) is 4.98 Å². The molecule has 0 unspecified atom stereocenters. The number of nitrogen functional groups attached to an aromatic ring is 1. The fourth-order valence-corrected chi connectivity index (χ4v) is 3.75. The number of rotatable bonds is 5. The molecule has 3 aromatic rings. The van der Waals surface area contributed by atoms with E-state index >= 15 is 0 Å². The van der Waals surface area contributed by atoms with Gasteiger partial charge in [0.1, 0.15) is 5.52 Å². The quantitative estimate of drug-likeness (QED) is 0.788. The molecule has 0 saturated heterocycles. The Morgan fingerprint density at radius 1 is 1.33 bits per heavy atom. The fraction of sp³-hybridized carbons (Fsp3) is 0.467. The summed E-state index contributed by atoms with van der Waals surface area (Å²) in [6.07, 6.45) is 3.04. The van der Waals surface area contributed by atoms with E-state index in [9.17, 15) is 0 Å². The van der Waals surface area contributed by atoms with Crippen LogP contribution in [0.3, 0.4) is 0 Å². The molecule has 2 N–H and O–H groups in total. The van der Waals surface area contributed by atoms with Crippen LogP contribution < -0.4 is 5.73 Å². The zero-order valence-corrected chi connectivity index (χ0v) is 13.6. The number of nitrogens with zero attached hydrogens (tertiary/aromatic N) is 4. The van der Waals surface area contributed by atoms with Gasteiger partial charge in [-0.1, -0.05) is 20.3 Å². The van der Waals surface area contributed by atoms with Crippen molar-refractivity contribution >= 4 is 28.4 Å². The number of aryl methyl sites for hydroxylation is 3. The second kappa shape index (κ2) is 5.52. The molecule has 3 rings (SSSR count). The standard InChI is InChI=1S/C15H21N5S/c1-4-6-11-13-14(19(3)18-11)20(15(16)17-13)9-12-10(5-2)7-8-21-12/h7-8H,4-6,9H2,1-3H3,(H2,16,17). The van der Waals surface area contributed by atoms with Gasteiger partial charge in [0.15, 0.2) is 5.65 Å². The Labute approximate surface area is 128 Å². The number of anilines is 1. The Morgan fingerprint density at radius 2 is 2.14 bits per heavy atom. The minimum atomic E-state index is 0.575. The number of hydrogen-bond donors (Lipinski definition) is 1. The SMILES string of the molecule is CCCc1nn(C)c2c1nc(N)n2Cc1sccc1CC. The maximum Gasteiger partial charge on any atom is 0.202 e. The smallest absolute Gasteiger partial charge is 0.202 e. The van der Waals surface area contributed by atoms with Gasteiger partial charge in [-0.05, 0) is 29.9 Å². The van der Waals surface area contributed by atoms with Crippen LogP contribution in [0.25, 0.3) is 11.2 Å². The van der Waals surface area contributed by atoms with Crippen molar-refractivity contribution in [2.45, 2.75) is 39.7 Å². The van der Waals surface area contributed by atoms with Gasteiger partial charge >= 0.3 is 0 Å². The molecule has 0 aliphatic heterocycles. The number of thiophene rings is 1. The van der Waals surface area contributed by atoms with Gasteiger partial charge in [-0.15, -0.1) is 11.3 Å². The Kier molecular flexibility index (Phi) is 3.71. The van der Waals surface area contributed by atoms with Crippen LogP contribution in [0.2, 0.25) is 0 Å². The maximum atomic E-state index is 6.16. The number of imidazole rings is 1. The summed E-state index contributed by atoms with van der Waals surface area (Å²) in [6, 6.07) is 2.19. The predicted octanol–water partition coefficient (Wildman–Crippen LogP) is 2.98. The van der Waals surface area contributed by atoms with Gasteiger partial charge in [0, 0.05) is 11.9 Å². The molecule has 112 valence electrons. The van der Waals surface area contributed by atoms with Crippen LogP contribution >= 0.6 is 11.3 Å². The van der Waals surface area contributed by atoms with E-state index in [1.807, 2.05) is 11.7 Å². The van der Waals surface area contributed by atoms with E-state index in [0.717, 1.165) is 42.7 Å². The fourth-order valence-electron chi connectivity index (χ4n) is 2.78. The monoisotopic (exact) mass is 303 g/mol. The highest BCUT2D eigenvalue weighted by atomic mass is 32.1. The van der Waals surface area contributed by atoms with E-state index in [-0.39, 0.29) is 0 Å². The first kappa shape index (κ1) is 14.1. The van der Waals surface area contributed by atoms with Crippen molar-refractivity contribution in [2.24, 2.45) is 7.05 Å². The highest BCUT2D eigenvalue weighted by Crippen LogP contribution is 2.26. The summed E-state index contributed by atoms with van der Waals surface area (Å²) in [4.78, 5) is 5.90. The van der Waals surface area contributed by atoms with Crippen LogP contribution in [0, 0.1) is 0 Å². The summed E-state index contributed by atoms with van der Waals surface area (Å²) in [7, 11) is 1.97. The number of hydrogen-bond acceptors (Lipinski definition) is 4. The largest absolute Gasteiger partial charge is 0.369 e. The highest BCUT2D eigenvalue weighted by molar-refractivity contribution is 7.10. The molecule has 0 bridgehead atoms. The third-order valence-electron chi connectivity index (χ3n) is 3.83. The normalized spacial score (nSPS) is 11.6. The highest BCUT2D eigenvalue weighted by Gasteiger charge is 2.18. The van der Waals surface area contributed by atoms with Crippen molar-refractivity contribution in [3.05, 3.63) is 27.6 Å². The number of nitrogens with two attached hydrogens (primary N) is 1. The summed E-state index contributed by atoms with van der Waals surface area (Å²) in [6.45, 7) is 5.11. The first-order valence-corrected chi connectivity index (χ1v) is 8.26. The molecule has 0 saturated carbocycles. The predicted molar refractivity (Wildman–Crippen MR) is 87.7 cm³/mol. The number of fused-ring (bicyclic) bond motifs is 1. The Morgan fingerprint density at radius 3 is 2.86 bits per heavy atom. The van der Waals surface area contributed by atoms with E-state index in [2.05, 4.69) is 39.9 Å². The van der Waals surface area contributed by atoms with Crippen molar-refractivity contribution < 1.29 is 0 Å². The van der Waals surface area contributed by atoms with Crippen LogP contribution in [-0.2, 0) is 26.4 Å². The van der Waals surface area contributed by atoms with Crippen LogP contribution in [0.5, 0.6) is 0 Å². The molecule has 0 aromatic carbocycles. The van der Waals surface area contributed by atoms with Crippen LogP contribution in [0.1, 0.15) is 36.4 Å². The Balaban J connectivity index is 2.08. The molecule has 0 aliphatic carbocycles. The van der Waals surface area contributed by atoms with E-state index in [4.69, 9.17) is 5.73 Å². The van der Waals surface area contributed by atoms with Gasteiger partial charge < -0.3 is 5.73 Å². The van der Waals surface area contributed by atoms with Crippen molar-refractivity contribution in [1.82, 2.24) is 19.3 Å². The molecule has 0 aliphatic rings. The minimum Gasteiger partial charge on any atom is -0.369 e. The molecule has 6 heteroatoms. The molecule has 21 heavy (non-hydrogen) atoms. The van der Waals surface area contributed by atoms with Crippen LogP contribution in [0.4, 0.5) is 5.95 Å². The first-order chi connectivity index (χ1) is 10.2. The van der Waals surface area contributed by atoms with Gasteiger partial charge in [-0.3, -0.25) is 9.25 Å². The molecule has 0 radical (unpaired) electrons. The van der Waals surface area contributed by atoms with Gasteiger partial charge in [0.05, 0.1) is 12.2 Å². The summed E-state index contributed by atoms with van der Waals surface area (Å²) in [5.41, 5.74) is 10.6. The van der Waals surface area contributed by atoms with Gasteiger partial charge in [-0.2, -0.15) is 5.10 Å². The molecule has 0 atom stereocenters. The van der Waals surface area contributed by atoms with Crippen molar-refractivity contribution in [3.63, 3.8) is 0 Å². The average Bonchev–Trinajstić information content (AvgIpc) is 3.10. The van der Waals surface area contributed by atoms with Crippen LogP contribution in [0.15, 0.2) is 11.4 Å². The lowest BCUT2D eigenvalue weighted by atomic mass is 10.2. The zero-order chi connectivity index (χ0) is 15.0. The topological polar surface area (TPSA) is 61.7 Å². The molecule has 5 nitrogen and oxygen atoms in total. The average molecular weight is 303 g/mol. The molecule has 3 heterocycles. The lowest BCUT2D eigenvalue weighted by Crippen LogP contribution is -2.08. The molecular formula is C15H21N5S. The van der Waals surface area contributed by atoms with Gasteiger partial charge in [0.2, 0.25) is 5.95 Å². The third kappa shape index (κ3) is 2.33. The van der Waals surface area contributed by atoms with E-state index < -0.39 is 0 Å². The maximum absolute atomic E-state index is 6.16. The van der Waals surface area contributed by atoms with Crippen LogP contribution in [-0.4, -0.2) is 19.3 Å². The van der Waals surface area contributed by atoms with E-state index in [1.54, 1.807) is 11.3 Å². The zero-order valence-electron chi connectivity index (χ0n) is 12.8. The molecular weight excluding hydrogens is 282 g/mol. The Bertz CT molecular complexity index is 765. The summed E-state index contributed by atoms with van der Waals surface area (Å²) in [5.74, 6) is 0.575. The lowest BCUT2D eigenvalue weighted by molar-refractivity contribution is 0.713. The van der Waals surface area contributed by atoms with E-state index in [0.29, 0.717) is 5.95 Å². The van der Waals surface area contributed by atoms with Crippen molar-refractivity contribution in [3.8, 4) is 0 Å². The minimum absolute atomic E-state index is 0.575. The molecule has 0 spiro atoms. The second-order valence-electron chi connectivity index (χ2n) is 5.27. The van der Waals surface area contributed by atoms with Crippen molar-refractivity contribution in [2.75, 3.05) is 5.73 Å². The van der Waals surface area contributed by atoms with Crippen molar-refractivity contribution in [1.29, 1.82) is 0 Å². The molecule has 0 fully saturated rings. The third-order valence-corrected chi connectivity index (χ3v) is 4.78. The summed E-state index contributed by atoms with van der Waals surface area (Å²) in [5, 5.41) is 6.74. The molecule has 3 aromatic heterocycles. The Hall–Kier alpha value is -1.82. The number of aromatic nitrogens is 4. The summed E-state index contributed by atoms with van der Waals surface area (Å²) < 4.78 is 3.98.